The molecular formula is C29H24FN7O2. The zero-order chi connectivity index (χ0) is 26.9. The molecule has 0 aliphatic heterocycles. The number of aromatic amines is 2. The maximum absolute atomic E-state index is 14.2. The van der Waals surface area contributed by atoms with Crippen LogP contribution in [0.3, 0.4) is 0 Å². The van der Waals surface area contributed by atoms with Gasteiger partial charge in [0.05, 0.1) is 41.6 Å². The second-order valence-electron chi connectivity index (χ2n) is 9.11. The molecule has 3 N–H and O–H groups in total. The van der Waals surface area contributed by atoms with Crippen LogP contribution in [0.15, 0.2) is 67.1 Å². The zero-order valence-corrected chi connectivity index (χ0v) is 21.2. The standard InChI is InChI=1S/C29H24FN7O2/c1-3-4-26(38)33-19-10-17(14-31-15-19)22-5-6-24-28(35-22)29(37-36-24)25-13-21-23(34-25)7-8-32-27(21)16-9-18(30)12-20(11-16)39-2/h5-15,34H,3-4H2,1-2H3,(H,33,38)(H,36,37). The Balaban J connectivity index is 1.40. The number of halogens is 1. The lowest BCUT2D eigenvalue weighted by Crippen LogP contribution is -2.10. The molecular weight excluding hydrogens is 497 g/mol. The molecule has 10 heteroatoms. The first-order valence-corrected chi connectivity index (χ1v) is 12.5. The molecule has 5 aromatic heterocycles. The molecule has 0 bridgehead atoms. The van der Waals surface area contributed by atoms with Crippen molar-refractivity contribution in [2.24, 2.45) is 0 Å². The molecule has 0 atom stereocenters. The van der Waals surface area contributed by atoms with Gasteiger partial charge in [0.2, 0.25) is 5.91 Å². The van der Waals surface area contributed by atoms with Gasteiger partial charge in [-0.05, 0) is 48.9 Å². The van der Waals surface area contributed by atoms with Crippen LogP contribution >= 0.6 is 0 Å². The molecule has 1 aromatic carbocycles. The van der Waals surface area contributed by atoms with Gasteiger partial charge in [-0.3, -0.25) is 19.9 Å². The highest BCUT2D eigenvalue weighted by molar-refractivity contribution is 5.99. The van der Waals surface area contributed by atoms with E-state index >= 15 is 0 Å². The fraction of sp³-hybridized carbons (Fsp3) is 0.138. The van der Waals surface area contributed by atoms with Crippen molar-refractivity contribution in [2.45, 2.75) is 19.8 Å². The van der Waals surface area contributed by atoms with Gasteiger partial charge in [0.25, 0.3) is 0 Å². The van der Waals surface area contributed by atoms with Crippen LogP contribution in [0.5, 0.6) is 5.75 Å². The van der Waals surface area contributed by atoms with Gasteiger partial charge in [0.1, 0.15) is 22.8 Å². The van der Waals surface area contributed by atoms with E-state index in [2.05, 4.69) is 30.5 Å². The summed E-state index contributed by atoms with van der Waals surface area (Å²) in [7, 11) is 1.50. The highest BCUT2D eigenvalue weighted by Gasteiger charge is 2.17. The first kappa shape index (κ1) is 24.2. The second kappa shape index (κ2) is 9.97. The van der Waals surface area contributed by atoms with Crippen molar-refractivity contribution in [1.82, 2.24) is 30.1 Å². The summed E-state index contributed by atoms with van der Waals surface area (Å²) in [5.41, 5.74) is 6.92. The summed E-state index contributed by atoms with van der Waals surface area (Å²) in [5.74, 6) is -0.0446. The van der Waals surface area contributed by atoms with Gasteiger partial charge in [0, 0.05) is 46.9 Å². The number of pyridine rings is 3. The number of H-pyrrole nitrogens is 2. The summed E-state index contributed by atoms with van der Waals surface area (Å²) in [6.45, 7) is 1.96. The van der Waals surface area contributed by atoms with Crippen LogP contribution in [0.1, 0.15) is 19.8 Å². The van der Waals surface area contributed by atoms with Gasteiger partial charge in [-0.15, -0.1) is 0 Å². The van der Waals surface area contributed by atoms with Crippen molar-refractivity contribution in [3.05, 3.63) is 72.9 Å². The van der Waals surface area contributed by atoms with E-state index in [1.165, 1.54) is 19.2 Å². The smallest absolute Gasteiger partial charge is 0.224 e. The molecule has 0 radical (unpaired) electrons. The zero-order valence-electron chi connectivity index (χ0n) is 21.2. The number of carbonyl (C=O) groups is 1. The topological polar surface area (TPSA) is 121 Å². The number of methoxy groups -OCH3 is 1. The number of rotatable bonds is 7. The fourth-order valence-corrected chi connectivity index (χ4v) is 4.58. The third-order valence-corrected chi connectivity index (χ3v) is 6.39. The van der Waals surface area contributed by atoms with Gasteiger partial charge in [-0.2, -0.15) is 5.10 Å². The van der Waals surface area contributed by atoms with Crippen LogP contribution in [0.4, 0.5) is 10.1 Å². The molecule has 1 amide bonds. The fourth-order valence-electron chi connectivity index (χ4n) is 4.58. The Labute approximate surface area is 222 Å². The van der Waals surface area contributed by atoms with Crippen LogP contribution in [-0.2, 0) is 4.79 Å². The monoisotopic (exact) mass is 521 g/mol. The van der Waals surface area contributed by atoms with E-state index in [1.54, 1.807) is 24.7 Å². The molecule has 194 valence electrons. The third-order valence-electron chi connectivity index (χ3n) is 6.39. The first-order chi connectivity index (χ1) is 19.0. The quantitative estimate of drug-likeness (QED) is 0.233. The molecule has 5 heterocycles. The molecule has 0 saturated carbocycles. The Morgan fingerprint density at radius 1 is 1.03 bits per heavy atom. The predicted octanol–water partition coefficient (Wildman–Crippen LogP) is 6.12. The minimum Gasteiger partial charge on any atom is -0.497 e. The Morgan fingerprint density at radius 2 is 1.92 bits per heavy atom. The number of fused-ring (bicyclic) bond motifs is 2. The Hall–Kier alpha value is -5.12. The molecule has 39 heavy (non-hydrogen) atoms. The first-order valence-electron chi connectivity index (χ1n) is 12.5. The summed E-state index contributed by atoms with van der Waals surface area (Å²) >= 11 is 0. The van der Waals surface area contributed by atoms with Gasteiger partial charge in [-0.1, -0.05) is 6.92 Å². The van der Waals surface area contributed by atoms with Gasteiger partial charge >= 0.3 is 0 Å². The number of nitrogens with zero attached hydrogens (tertiary/aromatic N) is 4. The Kier molecular flexibility index (Phi) is 6.20. The number of ether oxygens (including phenoxy) is 1. The lowest BCUT2D eigenvalue weighted by Gasteiger charge is -2.06. The number of aromatic nitrogens is 6. The number of nitrogens with one attached hydrogen (secondary N) is 3. The average molecular weight is 522 g/mol. The minimum absolute atomic E-state index is 0.0543. The SMILES string of the molecule is CCCC(=O)Nc1cncc(-c2ccc3[nH]nc(-c4cc5c(-c6cc(F)cc(OC)c6)nccc5[nH]4)c3n2)c1. The molecule has 0 unspecified atom stereocenters. The van der Waals surface area contributed by atoms with Gasteiger partial charge in [-0.25, -0.2) is 9.37 Å². The van der Waals surface area contributed by atoms with E-state index in [9.17, 15) is 9.18 Å². The van der Waals surface area contributed by atoms with Crippen molar-refractivity contribution >= 4 is 33.5 Å². The van der Waals surface area contributed by atoms with Crippen molar-refractivity contribution in [3.8, 4) is 39.7 Å². The van der Waals surface area contributed by atoms with E-state index in [0.717, 1.165) is 34.1 Å². The summed E-state index contributed by atoms with van der Waals surface area (Å²) in [6.07, 6.45) is 6.21. The van der Waals surface area contributed by atoms with Crippen molar-refractivity contribution in [3.63, 3.8) is 0 Å². The molecule has 0 aliphatic rings. The summed E-state index contributed by atoms with van der Waals surface area (Å²) in [4.78, 5) is 29.1. The summed E-state index contributed by atoms with van der Waals surface area (Å²) in [5, 5.41) is 11.3. The third kappa shape index (κ3) is 4.68. The lowest BCUT2D eigenvalue weighted by atomic mass is 10.1. The van der Waals surface area contributed by atoms with E-state index in [1.807, 2.05) is 37.3 Å². The largest absolute Gasteiger partial charge is 0.497 e. The van der Waals surface area contributed by atoms with Crippen molar-refractivity contribution in [2.75, 3.05) is 12.4 Å². The van der Waals surface area contributed by atoms with Crippen LogP contribution in [0.2, 0.25) is 0 Å². The molecule has 6 aromatic rings. The molecule has 6 rings (SSSR count). The maximum Gasteiger partial charge on any atom is 0.224 e. The van der Waals surface area contributed by atoms with E-state index in [4.69, 9.17) is 9.72 Å². The minimum atomic E-state index is -0.405. The number of anilines is 1. The van der Waals surface area contributed by atoms with Crippen molar-refractivity contribution in [1.29, 1.82) is 0 Å². The van der Waals surface area contributed by atoms with Crippen LogP contribution in [0, 0.1) is 5.82 Å². The highest BCUT2D eigenvalue weighted by atomic mass is 19.1. The van der Waals surface area contributed by atoms with Gasteiger partial charge < -0.3 is 15.0 Å². The Bertz CT molecular complexity index is 1840. The number of carbonyl (C=O) groups excluding carboxylic acids is 1. The predicted molar refractivity (Wildman–Crippen MR) is 148 cm³/mol. The van der Waals surface area contributed by atoms with E-state index in [0.29, 0.717) is 46.0 Å². The number of hydrogen-bond donors (Lipinski definition) is 3. The molecule has 9 nitrogen and oxygen atoms in total. The maximum atomic E-state index is 14.2. The number of amides is 1. The second-order valence-corrected chi connectivity index (χ2v) is 9.11. The number of benzene rings is 1. The van der Waals surface area contributed by atoms with Crippen LogP contribution in [-0.4, -0.2) is 43.2 Å². The summed E-state index contributed by atoms with van der Waals surface area (Å²) < 4.78 is 19.5. The normalized spacial score (nSPS) is 11.3. The molecule has 0 fully saturated rings. The summed E-state index contributed by atoms with van der Waals surface area (Å²) in [6, 6.07) is 13.9. The lowest BCUT2D eigenvalue weighted by molar-refractivity contribution is -0.116. The van der Waals surface area contributed by atoms with Crippen LogP contribution < -0.4 is 10.1 Å². The Morgan fingerprint density at radius 3 is 2.77 bits per heavy atom. The number of hydrogen-bond acceptors (Lipinski definition) is 6. The highest BCUT2D eigenvalue weighted by Crippen LogP contribution is 2.34. The van der Waals surface area contributed by atoms with E-state index < -0.39 is 5.82 Å². The van der Waals surface area contributed by atoms with Crippen LogP contribution in [0.25, 0.3) is 55.8 Å². The molecule has 0 saturated heterocycles. The van der Waals surface area contributed by atoms with Gasteiger partial charge in [0.15, 0.2) is 0 Å². The average Bonchev–Trinajstić information content (AvgIpc) is 3.56. The molecule has 0 aliphatic carbocycles. The van der Waals surface area contributed by atoms with Crippen molar-refractivity contribution < 1.29 is 13.9 Å². The molecule has 0 spiro atoms. The van der Waals surface area contributed by atoms with E-state index in [-0.39, 0.29) is 5.91 Å².